The molecular weight excluding hydrogens is 244 g/mol. The molecule has 0 atom stereocenters. The lowest BCUT2D eigenvalue weighted by molar-refractivity contribution is -0.119. The van der Waals surface area contributed by atoms with Crippen LogP contribution in [0.3, 0.4) is 0 Å². The maximum atomic E-state index is 11.5. The van der Waals surface area contributed by atoms with E-state index in [1.165, 1.54) is 0 Å². The van der Waals surface area contributed by atoms with Gasteiger partial charge in [0.15, 0.2) is 0 Å². The molecule has 1 rings (SSSR count). The molecule has 2 N–H and O–H groups in total. The molecule has 5 heteroatoms. The van der Waals surface area contributed by atoms with Crippen LogP contribution in [-0.4, -0.2) is 38.8 Å². The van der Waals surface area contributed by atoms with E-state index in [1.807, 2.05) is 38.1 Å². The maximum absolute atomic E-state index is 11.5. The molecule has 106 valence electrons. The first-order valence-corrected chi connectivity index (χ1v) is 6.37. The summed E-state index contributed by atoms with van der Waals surface area (Å²) in [6.45, 7) is 5.17. The molecule has 19 heavy (non-hydrogen) atoms. The summed E-state index contributed by atoms with van der Waals surface area (Å²) in [5, 5.41) is 5.88. The smallest absolute Gasteiger partial charge is 0.239 e. The third kappa shape index (κ3) is 6.67. The molecule has 0 saturated carbocycles. The zero-order valence-corrected chi connectivity index (χ0v) is 11.7. The van der Waals surface area contributed by atoms with Gasteiger partial charge in [0.25, 0.3) is 0 Å². The fourth-order valence-electron chi connectivity index (χ4n) is 1.49. The Morgan fingerprint density at radius 1 is 1.32 bits per heavy atom. The normalized spacial score (nSPS) is 10.3. The standard InChI is InChI=1S/C14H22N2O3/c1-11(2)16-14(17)10-15-12-5-4-6-13(9-12)19-8-7-18-3/h4-6,9,11,15H,7-8,10H2,1-3H3,(H,16,17). The minimum atomic E-state index is -0.0271. The topological polar surface area (TPSA) is 59.6 Å². The van der Waals surface area contributed by atoms with Crippen molar-refractivity contribution >= 4 is 11.6 Å². The highest BCUT2D eigenvalue weighted by molar-refractivity contribution is 5.80. The molecule has 0 spiro atoms. The van der Waals surface area contributed by atoms with Crippen LogP contribution in [0.2, 0.25) is 0 Å². The summed E-state index contributed by atoms with van der Waals surface area (Å²) >= 11 is 0. The molecular formula is C14H22N2O3. The predicted octanol–water partition coefficient (Wildman–Crippen LogP) is 1.65. The monoisotopic (exact) mass is 266 g/mol. The van der Waals surface area contributed by atoms with Crippen molar-refractivity contribution in [3.05, 3.63) is 24.3 Å². The number of methoxy groups -OCH3 is 1. The molecule has 0 aliphatic carbocycles. The number of benzene rings is 1. The molecule has 0 heterocycles. The summed E-state index contributed by atoms with van der Waals surface area (Å²) < 4.78 is 10.4. The summed E-state index contributed by atoms with van der Waals surface area (Å²) in [6.07, 6.45) is 0. The van der Waals surface area contributed by atoms with E-state index in [0.717, 1.165) is 11.4 Å². The number of anilines is 1. The lowest BCUT2D eigenvalue weighted by Gasteiger charge is -2.11. The van der Waals surface area contributed by atoms with E-state index in [1.54, 1.807) is 7.11 Å². The molecule has 0 aliphatic heterocycles. The Balaban J connectivity index is 2.41. The Labute approximate surface area is 114 Å². The van der Waals surface area contributed by atoms with Gasteiger partial charge >= 0.3 is 0 Å². The van der Waals surface area contributed by atoms with Gasteiger partial charge in [-0.15, -0.1) is 0 Å². The Kier molecular flexibility index (Phi) is 6.74. The zero-order chi connectivity index (χ0) is 14.1. The first-order chi connectivity index (χ1) is 9.11. The Hall–Kier alpha value is -1.75. The Morgan fingerprint density at radius 3 is 2.79 bits per heavy atom. The Bertz CT molecular complexity index is 394. The number of rotatable bonds is 8. The van der Waals surface area contributed by atoms with Crippen molar-refractivity contribution in [2.45, 2.75) is 19.9 Å². The molecule has 0 unspecified atom stereocenters. The molecule has 1 aromatic carbocycles. The van der Waals surface area contributed by atoms with Gasteiger partial charge in [-0.3, -0.25) is 4.79 Å². The summed E-state index contributed by atoms with van der Waals surface area (Å²) in [6, 6.07) is 7.65. The number of amides is 1. The van der Waals surface area contributed by atoms with Crippen molar-refractivity contribution in [2.75, 3.05) is 32.2 Å². The molecule has 0 saturated heterocycles. The molecule has 1 amide bonds. The third-order valence-corrected chi connectivity index (χ3v) is 2.29. The molecule has 1 aromatic rings. The van der Waals surface area contributed by atoms with E-state index in [4.69, 9.17) is 9.47 Å². The fraction of sp³-hybridized carbons (Fsp3) is 0.500. The summed E-state index contributed by atoms with van der Waals surface area (Å²) in [5.74, 6) is 0.729. The van der Waals surface area contributed by atoms with Gasteiger partial charge in [-0.25, -0.2) is 0 Å². The van der Waals surface area contributed by atoms with Crippen molar-refractivity contribution in [3.63, 3.8) is 0 Å². The van der Waals surface area contributed by atoms with Gasteiger partial charge in [-0.2, -0.15) is 0 Å². The number of nitrogens with one attached hydrogen (secondary N) is 2. The van der Waals surface area contributed by atoms with E-state index in [0.29, 0.717) is 13.2 Å². The fourth-order valence-corrected chi connectivity index (χ4v) is 1.49. The summed E-state index contributed by atoms with van der Waals surface area (Å²) in [7, 11) is 1.63. The van der Waals surface area contributed by atoms with Gasteiger partial charge in [0.05, 0.1) is 13.2 Å². The van der Waals surface area contributed by atoms with Gasteiger partial charge in [-0.05, 0) is 26.0 Å². The molecule has 0 fully saturated rings. The number of hydrogen-bond acceptors (Lipinski definition) is 4. The SMILES string of the molecule is COCCOc1cccc(NCC(=O)NC(C)C)c1. The van der Waals surface area contributed by atoms with Crippen molar-refractivity contribution in [1.82, 2.24) is 5.32 Å². The van der Waals surface area contributed by atoms with E-state index in [9.17, 15) is 4.79 Å². The predicted molar refractivity (Wildman–Crippen MR) is 75.6 cm³/mol. The van der Waals surface area contributed by atoms with Gasteiger partial charge < -0.3 is 20.1 Å². The van der Waals surface area contributed by atoms with Crippen molar-refractivity contribution in [2.24, 2.45) is 0 Å². The van der Waals surface area contributed by atoms with Crippen molar-refractivity contribution in [3.8, 4) is 5.75 Å². The number of carbonyl (C=O) groups is 1. The second-order valence-electron chi connectivity index (χ2n) is 4.44. The molecule has 0 aliphatic rings. The van der Waals surface area contributed by atoms with Crippen LogP contribution in [-0.2, 0) is 9.53 Å². The van der Waals surface area contributed by atoms with Crippen LogP contribution in [0.15, 0.2) is 24.3 Å². The van der Waals surface area contributed by atoms with Gasteiger partial charge in [0, 0.05) is 24.9 Å². The summed E-state index contributed by atoms with van der Waals surface area (Å²) in [5.41, 5.74) is 0.855. The van der Waals surface area contributed by atoms with Crippen LogP contribution in [0.25, 0.3) is 0 Å². The molecule has 5 nitrogen and oxygen atoms in total. The van der Waals surface area contributed by atoms with E-state index in [2.05, 4.69) is 10.6 Å². The minimum absolute atomic E-state index is 0.0271. The van der Waals surface area contributed by atoms with E-state index in [-0.39, 0.29) is 18.5 Å². The van der Waals surface area contributed by atoms with Crippen LogP contribution < -0.4 is 15.4 Å². The van der Waals surface area contributed by atoms with Crippen LogP contribution >= 0.6 is 0 Å². The van der Waals surface area contributed by atoms with Crippen LogP contribution in [0.1, 0.15) is 13.8 Å². The van der Waals surface area contributed by atoms with Crippen molar-refractivity contribution < 1.29 is 14.3 Å². The highest BCUT2D eigenvalue weighted by Crippen LogP contribution is 2.16. The largest absolute Gasteiger partial charge is 0.491 e. The van der Waals surface area contributed by atoms with Gasteiger partial charge in [-0.1, -0.05) is 6.07 Å². The van der Waals surface area contributed by atoms with Gasteiger partial charge in [0.1, 0.15) is 12.4 Å². The maximum Gasteiger partial charge on any atom is 0.239 e. The van der Waals surface area contributed by atoms with Crippen molar-refractivity contribution in [1.29, 1.82) is 0 Å². The van der Waals surface area contributed by atoms with Gasteiger partial charge in [0.2, 0.25) is 5.91 Å². The molecule has 0 radical (unpaired) electrons. The second-order valence-corrected chi connectivity index (χ2v) is 4.44. The van der Waals surface area contributed by atoms with E-state index < -0.39 is 0 Å². The minimum Gasteiger partial charge on any atom is -0.491 e. The van der Waals surface area contributed by atoms with E-state index >= 15 is 0 Å². The highest BCUT2D eigenvalue weighted by atomic mass is 16.5. The third-order valence-electron chi connectivity index (χ3n) is 2.29. The average Bonchev–Trinajstić information content (AvgIpc) is 2.36. The quantitative estimate of drug-likeness (QED) is 0.702. The number of carbonyl (C=O) groups excluding carboxylic acids is 1. The first-order valence-electron chi connectivity index (χ1n) is 6.37. The zero-order valence-electron chi connectivity index (χ0n) is 11.7. The highest BCUT2D eigenvalue weighted by Gasteiger charge is 2.03. The average molecular weight is 266 g/mol. The number of ether oxygens (including phenoxy) is 2. The summed E-state index contributed by atoms with van der Waals surface area (Å²) in [4.78, 5) is 11.5. The number of hydrogen-bond donors (Lipinski definition) is 2. The molecule has 0 aromatic heterocycles. The Morgan fingerprint density at radius 2 is 2.11 bits per heavy atom. The van der Waals surface area contributed by atoms with Crippen LogP contribution in [0, 0.1) is 0 Å². The second kappa shape index (κ2) is 8.37. The molecule has 0 bridgehead atoms. The van der Waals surface area contributed by atoms with Crippen LogP contribution in [0.4, 0.5) is 5.69 Å². The first kappa shape index (κ1) is 15.3. The van der Waals surface area contributed by atoms with Crippen LogP contribution in [0.5, 0.6) is 5.75 Å². The lowest BCUT2D eigenvalue weighted by atomic mass is 10.3. The lowest BCUT2D eigenvalue weighted by Crippen LogP contribution is -2.34.